The first kappa shape index (κ1) is 12.3. The first-order chi connectivity index (χ1) is 8.20. The lowest BCUT2D eigenvalue weighted by Crippen LogP contribution is -1.89. The highest BCUT2D eigenvalue weighted by Gasteiger charge is 2.07. The normalized spacial score (nSPS) is 10.9. The summed E-state index contributed by atoms with van der Waals surface area (Å²) in [6.07, 6.45) is 3.40. The molecule has 1 aromatic carbocycles. The molecule has 2 aromatic rings. The Hall–Kier alpha value is -1.15. The molecule has 0 aliphatic rings. The van der Waals surface area contributed by atoms with Crippen molar-refractivity contribution in [2.24, 2.45) is 4.99 Å². The molecule has 1 N–H and O–H groups in total. The summed E-state index contributed by atoms with van der Waals surface area (Å²) >= 11 is 3.52. The van der Waals surface area contributed by atoms with Crippen LogP contribution in [0.3, 0.4) is 0 Å². The number of ether oxygens (including phenoxy) is 1. The third-order valence-electron chi connectivity index (χ3n) is 2.01. The fourth-order valence-electron chi connectivity index (χ4n) is 1.23. The Morgan fingerprint density at radius 2 is 2.35 bits per heavy atom. The summed E-state index contributed by atoms with van der Waals surface area (Å²) in [6, 6.07) is 3.56. The van der Waals surface area contributed by atoms with Gasteiger partial charge in [-0.3, -0.25) is 0 Å². The zero-order valence-corrected chi connectivity index (χ0v) is 11.9. The van der Waals surface area contributed by atoms with E-state index in [0.717, 1.165) is 9.13 Å². The van der Waals surface area contributed by atoms with Crippen LogP contribution in [-0.4, -0.2) is 23.4 Å². The molecule has 1 aromatic heterocycles. The van der Waals surface area contributed by atoms with Crippen LogP contribution in [0.1, 0.15) is 5.56 Å². The van der Waals surface area contributed by atoms with Gasteiger partial charge >= 0.3 is 0 Å². The van der Waals surface area contributed by atoms with Crippen LogP contribution >= 0.6 is 33.9 Å². The molecule has 0 radical (unpaired) electrons. The van der Waals surface area contributed by atoms with E-state index < -0.39 is 0 Å². The number of aromatic hydroxyl groups is 1. The van der Waals surface area contributed by atoms with E-state index in [9.17, 15) is 5.11 Å². The number of halogens is 1. The summed E-state index contributed by atoms with van der Waals surface area (Å²) < 4.78 is 5.80. The second-order valence-corrected chi connectivity index (χ2v) is 5.16. The maximum absolute atomic E-state index is 9.69. The van der Waals surface area contributed by atoms with Crippen molar-refractivity contribution in [3.8, 4) is 11.5 Å². The van der Waals surface area contributed by atoms with E-state index in [1.807, 2.05) is 34.0 Å². The predicted octanol–water partition coefficient (Wildman–Crippen LogP) is 3.21. The summed E-state index contributed by atoms with van der Waals surface area (Å²) in [7, 11) is 1.52. The molecule has 0 amide bonds. The van der Waals surface area contributed by atoms with Gasteiger partial charge in [0.2, 0.25) is 5.13 Å². The number of rotatable bonds is 3. The third kappa shape index (κ3) is 2.95. The van der Waals surface area contributed by atoms with E-state index in [1.54, 1.807) is 18.5 Å². The minimum Gasteiger partial charge on any atom is -0.504 e. The Balaban J connectivity index is 2.30. The van der Waals surface area contributed by atoms with Crippen molar-refractivity contribution in [2.45, 2.75) is 0 Å². The largest absolute Gasteiger partial charge is 0.504 e. The number of aromatic nitrogens is 1. The molecule has 0 saturated carbocycles. The maximum atomic E-state index is 9.69. The van der Waals surface area contributed by atoms with Gasteiger partial charge < -0.3 is 9.84 Å². The van der Waals surface area contributed by atoms with Crippen molar-refractivity contribution >= 4 is 45.3 Å². The summed E-state index contributed by atoms with van der Waals surface area (Å²) in [5, 5.41) is 12.3. The van der Waals surface area contributed by atoms with Crippen molar-refractivity contribution in [1.82, 2.24) is 4.98 Å². The Bertz CT molecular complexity index is 541. The Morgan fingerprint density at radius 1 is 1.53 bits per heavy atom. The number of benzene rings is 1. The molecule has 0 aliphatic heterocycles. The molecule has 1 heterocycles. The van der Waals surface area contributed by atoms with E-state index >= 15 is 0 Å². The topological polar surface area (TPSA) is 54.7 Å². The number of phenolic OH excluding ortho intramolecular Hbond substituents is 1. The van der Waals surface area contributed by atoms with Crippen molar-refractivity contribution in [3.63, 3.8) is 0 Å². The molecule has 4 nitrogen and oxygen atoms in total. The second kappa shape index (κ2) is 5.46. The van der Waals surface area contributed by atoms with Gasteiger partial charge in [0, 0.05) is 17.8 Å². The number of hydrogen-bond donors (Lipinski definition) is 1. The van der Waals surface area contributed by atoms with Crippen LogP contribution in [0, 0.1) is 3.57 Å². The quantitative estimate of drug-likeness (QED) is 0.676. The number of methoxy groups -OCH3 is 1. The number of thiazole rings is 1. The van der Waals surface area contributed by atoms with Gasteiger partial charge in [0.05, 0.1) is 10.7 Å². The lowest BCUT2D eigenvalue weighted by Gasteiger charge is -2.05. The Morgan fingerprint density at radius 3 is 3.00 bits per heavy atom. The molecule has 0 saturated heterocycles. The lowest BCUT2D eigenvalue weighted by atomic mass is 10.2. The molecule has 0 unspecified atom stereocenters. The van der Waals surface area contributed by atoms with Gasteiger partial charge in [0.25, 0.3) is 0 Å². The molecule has 0 atom stereocenters. The van der Waals surface area contributed by atoms with E-state index in [0.29, 0.717) is 10.9 Å². The van der Waals surface area contributed by atoms with Crippen LogP contribution < -0.4 is 4.74 Å². The molecule has 0 aliphatic carbocycles. The van der Waals surface area contributed by atoms with Crippen molar-refractivity contribution in [2.75, 3.05) is 7.11 Å². The van der Waals surface area contributed by atoms with Crippen molar-refractivity contribution in [3.05, 3.63) is 32.8 Å². The molecule has 88 valence electrons. The van der Waals surface area contributed by atoms with Crippen molar-refractivity contribution < 1.29 is 9.84 Å². The molecule has 2 rings (SSSR count). The summed E-state index contributed by atoms with van der Waals surface area (Å²) in [4.78, 5) is 8.28. The molecule has 0 fully saturated rings. The van der Waals surface area contributed by atoms with Gasteiger partial charge in [0.15, 0.2) is 11.5 Å². The van der Waals surface area contributed by atoms with Crippen LogP contribution in [0.4, 0.5) is 5.13 Å². The van der Waals surface area contributed by atoms with E-state index in [4.69, 9.17) is 4.74 Å². The van der Waals surface area contributed by atoms with Gasteiger partial charge in [-0.25, -0.2) is 9.98 Å². The summed E-state index contributed by atoms with van der Waals surface area (Å²) in [5.74, 6) is 0.594. The van der Waals surface area contributed by atoms with Crippen LogP contribution in [0.25, 0.3) is 0 Å². The van der Waals surface area contributed by atoms with Crippen LogP contribution in [0.15, 0.2) is 28.7 Å². The number of hydrogen-bond acceptors (Lipinski definition) is 5. The molecular formula is C11H9IN2O2S. The second-order valence-electron chi connectivity index (χ2n) is 3.13. The van der Waals surface area contributed by atoms with Crippen molar-refractivity contribution in [1.29, 1.82) is 0 Å². The zero-order chi connectivity index (χ0) is 12.3. The zero-order valence-electron chi connectivity index (χ0n) is 8.92. The maximum Gasteiger partial charge on any atom is 0.208 e. The number of phenols is 1. The molecule has 0 bridgehead atoms. The van der Waals surface area contributed by atoms with Gasteiger partial charge in [0.1, 0.15) is 0 Å². The van der Waals surface area contributed by atoms with Gasteiger partial charge in [-0.1, -0.05) is 0 Å². The summed E-state index contributed by atoms with van der Waals surface area (Å²) in [5.41, 5.74) is 0.860. The average molecular weight is 360 g/mol. The first-order valence-corrected chi connectivity index (χ1v) is 6.66. The minimum atomic E-state index is 0.152. The van der Waals surface area contributed by atoms with E-state index in [1.165, 1.54) is 18.4 Å². The Labute approximate surface area is 116 Å². The molecule has 6 heteroatoms. The standard InChI is InChI=1S/C11H9IN2O2S/c1-16-9-5-7(4-8(12)10(9)15)6-14-11-13-2-3-17-11/h2-6,15H,1H3/b14-6+. The highest BCUT2D eigenvalue weighted by Crippen LogP contribution is 2.32. The molecule has 0 spiro atoms. The number of nitrogens with zero attached hydrogens (tertiary/aromatic N) is 2. The van der Waals surface area contributed by atoms with Gasteiger partial charge in [-0.2, -0.15) is 0 Å². The van der Waals surface area contributed by atoms with E-state index in [2.05, 4.69) is 9.98 Å². The monoisotopic (exact) mass is 360 g/mol. The van der Waals surface area contributed by atoms with Gasteiger partial charge in [-0.15, -0.1) is 11.3 Å². The van der Waals surface area contributed by atoms with Crippen LogP contribution in [0.2, 0.25) is 0 Å². The average Bonchev–Trinajstić information content (AvgIpc) is 2.83. The molecular weight excluding hydrogens is 351 g/mol. The fraction of sp³-hybridized carbons (Fsp3) is 0.0909. The number of aliphatic imine (C=N–C) groups is 1. The highest BCUT2D eigenvalue weighted by molar-refractivity contribution is 14.1. The van der Waals surface area contributed by atoms with Gasteiger partial charge in [-0.05, 0) is 40.3 Å². The predicted molar refractivity (Wildman–Crippen MR) is 76.7 cm³/mol. The Kier molecular flexibility index (Phi) is 3.95. The van der Waals surface area contributed by atoms with E-state index in [-0.39, 0.29) is 5.75 Å². The first-order valence-electron chi connectivity index (χ1n) is 4.71. The summed E-state index contributed by atoms with van der Waals surface area (Å²) in [6.45, 7) is 0. The smallest absolute Gasteiger partial charge is 0.208 e. The minimum absolute atomic E-state index is 0.152. The van der Waals surface area contributed by atoms with Crippen LogP contribution in [-0.2, 0) is 0 Å². The third-order valence-corrected chi connectivity index (χ3v) is 3.52. The lowest BCUT2D eigenvalue weighted by molar-refractivity contribution is 0.371. The fourth-order valence-corrected chi connectivity index (χ4v) is 2.34. The molecule has 17 heavy (non-hydrogen) atoms. The van der Waals surface area contributed by atoms with Crippen LogP contribution in [0.5, 0.6) is 11.5 Å². The highest BCUT2D eigenvalue weighted by atomic mass is 127. The SMILES string of the molecule is COc1cc(/C=N/c2nccs2)cc(I)c1O.